The van der Waals surface area contributed by atoms with Gasteiger partial charge in [0.1, 0.15) is 0 Å². The molecule has 1 heterocycles. The first-order valence-electron chi connectivity index (χ1n) is 7.19. The average molecular weight is 296 g/mol. The van der Waals surface area contributed by atoms with E-state index in [2.05, 4.69) is 5.32 Å². The van der Waals surface area contributed by atoms with E-state index < -0.39 is 10.0 Å². The van der Waals surface area contributed by atoms with Crippen molar-refractivity contribution in [1.82, 2.24) is 4.31 Å². The second-order valence-electron chi connectivity index (χ2n) is 5.82. The second-order valence-corrected chi connectivity index (χ2v) is 7.78. The number of rotatable bonds is 4. The molecule has 0 spiro atoms. The van der Waals surface area contributed by atoms with Gasteiger partial charge >= 0.3 is 0 Å². The first-order valence-corrected chi connectivity index (χ1v) is 8.63. The molecule has 0 aliphatic carbocycles. The Bertz CT molecular complexity index is 582. The molecule has 0 amide bonds. The lowest BCUT2D eigenvalue weighted by molar-refractivity contribution is 0.315. The van der Waals surface area contributed by atoms with Gasteiger partial charge in [0.15, 0.2) is 0 Å². The third kappa shape index (κ3) is 2.69. The Labute approximate surface area is 122 Å². The lowest BCUT2D eigenvalue weighted by Crippen LogP contribution is -2.38. The van der Waals surface area contributed by atoms with Crippen LogP contribution in [-0.2, 0) is 16.4 Å². The van der Waals surface area contributed by atoms with E-state index in [4.69, 9.17) is 0 Å². The fourth-order valence-corrected chi connectivity index (χ4v) is 4.28. The highest BCUT2D eigenvalue weighted by molar-refractivity contribution is 7.89. The van der Waals surface area contributed by atoms with Gasteiger partial charge in [-0.3, -0.25) is 0 Å². The summed E-state index contributed by atoms with van der Waals surface area (Å²) in [6.07, 6.45) is 1.80. The lowest BCUT2D eigenvalue weighted by Gasteiger charge is -2.29. The van der Waals surface area contributed by atoms with Gasteiger partial charge in [-0.2, -0.15) is 4.31 Å². The fraction of sp³-hybridized carbons (Fsp3) is 0.600. The highest BCUT2D eigenvalue weighted by Gasteiger charge is 2.30. The number of fused-ring (bicyclic) bond motifs is 1. The summed E-state index contributed by atoms with van der Waals surface area (Å²) in [5.74, 6) is 0.285. The van der Waals surface area contributed by atoms with Crippen LogP contribution in [0.5, 0.6) is 0 Å². The van der Waals surface area contributed by atoms with Crippen LogP contribution in [0.4, 0.5) is 5.69 Å². The third-order valence-corrected chi connectivity index (χ3v) is 6.28. The van der Waals surface area contributed by atoms with E-state index in [0.29, 0.717) is 4.90 Å². The number of sulfonamides is 1. The number of hydrogen-bond acceptors (Lipinski definition) is 3. The molecule has 1 aliphatic rings. The van der Waals surface area contributed by atoms with Crippen molar-refractivity contribution >= 4 is 15.7 Å². The molecule has 1 aromatic carbocycles. The maximum Gasteiger partial charge on any atom is 0.243 e. The predicted molar refractivity (Wildman–Crippen MR) is 82.5 cm³/mol. The summed E-state index contributed by atoms with van der Waals surface area (Å²) < 4.78 is 27.2. The van der Waals surface area contributed by atoms with Gasteiger partial charge in [0.05, 0.1) is 4.90 Å². The molecular formula is C15H24N2O2S. The molecule has 2 rings (SSSR count). The zero-order valence-corrected chi connectivity index (χ0v) is 13.5. The van der Waals surface area contributed by atoms with Gasteiger partial charge in [0.25, 0.3) is 0 Å². The molecule has 1 atom stereocenters. The van der Waals surface area contributed by atoms with Gasteiger partial charge in [0, 0.05) is 25.3 Å². The van der Waals surface area contributed by atoms with E-state index >= 15 is 0 Å². The van der Waals surface area contributed by atoms with Crippen LogP contribution in [0.25, 0.3) is 0 Å². The van der Waals surface area contributed by atoms with Crippen LogP contribution in [0, 0.1) is 5.92 Å². The maximum absolute atomic E-state index is 12.8. The second kappa shape index (κ2) is 5.74. The third-order valence-electron chi connectivity index (χ3n) is 4.25. The van der Waals surface area contributed by atoms with E-state index in [9.17, 15) is 8.42 Å². The molecule has 4 nitrogen and oxygen atoms in total. The normalized spacial score (nSPS) is 16.9. The summed E-state index contributed by atoms with van der Waals surface area (Å²) in [5, 5.41) is 3.28. The largest absolute Gasteiger partial charge is 0.385 e. The summed E-state index contributed by atoms with van der Waals surface area (Å²) in [4.78, 5) is 0.456. The standard InChI is InChI=1S/C15H24N2O2S/c1-11(2)12(3)17(4)20(18,19)15-9-5-8-14-13(15)7-6-10-16-14/h5,8-9,11-12,16H,6-7,10H2,1-4H3. The molecule has 1 N–H and O–H groups in total. The van der Waals surface area contributed by atoms with Crippen molar-refractivity contribution in [2.24, 2.45) is 5.92 Å². The lowest BCUT2D eigenvalue weighted by atomic mass is 10.0. The molecule has 0 saturated heterocycles. The predicted octanol–water partition coefficient (Wildman–Crippen LogP) is 2.71. The Balaban J connectivity index is 2.45. The highest BCUT2D eigenvalue weighted by atomic mass is 32.2. The van der Waals surface area contributed by atoms with Gasteiger partial charge in [-0.25, -0.2) is 8.42 Å². The molecule has 20 heavy (non-hydrogen) atoms. The molecule has 112 valence electrons. The number of hydrogen-bond donors (Lipinski definition) is 1. The summed E-state index contributed by atoms with van der Waals surface area (Å²) in [5.41, 5.74) is 1.89. The smallest absolute Gasteiger partial charge is 0.243 e. The van der Waals surface area contributed by atoms with E-state index in [1.165, 1.54) is 4.31 Å². The number of anilines is 1. The zero-order valence-electron chi connectivity index (χ0n) is 12.7. The van der Waals surface area contributed by atoms with Crippen molar-refractivity contribution in [2.75, 3.05) is 18.9 Å². The Morgan fingerprint density at radius 3 is 2.60 bits per heavy atom. The summed E-state index contributed by atoms with van der Waals surface area (Å²) >= 11 is 0. The average Bonchev–Trinajstić information content (AvgIpc) is 2.44. The van der Waals surface area contributed by atoms with Crippen molar-refractivity contribution in [1.29, 1.82) is 0 Å². The van der Waals surface area contributed by atoms with E-state index in [1.54, 1.807) is 13.1 Å². The molecule has 5 heteroatoms. The van der Waals surface area contributed by atoms with Crippen LogP contribution in [-0.4, -0.2) is 32.4 Å². The van der Waals surface area contributed by atoms with Gasteiger partial charge in [0.2, 0.25) is 10.0 Å². The maximum atomic E-state index is 12.8. The van der Waals surface area contributed by atoms with Crippen molar-refractivity contribution < 1.29 is 8.42 Å². The Morgan fingerprint density at radius 1 is 1.25 bits per heavy atom. The van der Waals surface area contributed by atoms with Crippen LogP contribution >= 0.6 is 0 Å². The molecule has 1 aliphatic heterocycles. The van der Waals surface area contributed by atoms with Crippen molar-refractivity contribution in [3.05, 3.63) is 23.8 Å². The minimum Gasteiger partial charge on any atom is -0.385 e. The van der Waals surface area contributed by atoms with E-state index in [-0.39, 0.29) is 12.0 Å². The van der Waals surface area contributed by atoms with Gasteiger partial charge in [-0.15, -0.1) is 0 Å². The summed E-state index contributed by atoms with van der Waals surface area (Å²) in [6, 6.07) is 5.48. The minimum atomic E-state index is -3.43. The fourth-order valence-electron chi connectivity index (χ4n) is 2.51. The van der Waals surface area contributed by atoms with Crippen LogP contribution in [0.1, 0.15) is 32.8 Å². The summed E-state index contributed by atoms with van der Waals surface area (Å²) in [7, 11) is -1.76. The van der Waals surface area contributed by atoms with Crippen LogP contribution < -0.4 is 5.32 Å². The molecule has 0 fully saturated rings. The Morgan fingerprint density at radius 2 is 1.95 bits per heavy atom. The van der Waals surface area contributed by atoms with Crippen LogP contribution in [0.3, 0.4) is 0 Å². The van der Waals surface area contributed by atoms with Crippen LogP contribution in [0.15, 0.2) is 23.1 Å². The quantitative estimate of drug-likeness (QED) is 0.929. The molecule has 0 bridgehead atoms. The number of nitrogens with one attached hydrogen (secondary N) is 1. The minimum absolute atomic E-state index is 0.0209. The number of nitrogens with zero attached hydrogens (tertiary/aromatic N) is 1. The van der Waals surface area contributed by atoms with Crippen molar-refractivity contribution in [3.8, 4) is 0 Å². The Hall–Kier alpha value is -1.07. The molecule has 0 saturated carbocycles. The summed E-state index contributed by atoms with van der Waals surface area (Å²) in [6.45, 7) is 6.95. The van der Waals surface area contributed by atoms with Crippen molar-refractivity contribution in [2.45, 2.75) is 44.6 Å². The van der Waals surface area contributed by atoms with Crippen molar-refractivity contribution in [3.63, 3.8) is 0 Å². The molecule has 1 aromatic rings. The van der Waals surface area contributed by atoms with Gasteiger partial charge < -0.3 is 5.32 Å². The molecule has 1 unspecified atom stereocenters. The molecular weight excluding hydrogens is 272 g/mol. The molecule has 0 radical (unpaired) electrons. The highest BCUT2D eigenvalue weighted by Crippen LogP contribution is 2.31. The topological polar surface area (TPSA) is 49.4 Å². The van der Waals surface area contributed by atoms with Gasteiger partial charge in [-0.05, 0) is 43.4 Å². The first-order chi connectivity index (χ1) is 9.35. The van der Waals surface area contributed by atoms with E-state index in [1.807, 2.05) is 32.9 Å². The Kier molecular flexibility index (Phi) is 4.39. The number of benzene rings is 1. The van der Waals surface area contributed by atoms with Crippen LogP contribution in [0.2, 0.25) is 0 Å². The monoisotopic (exact) mass is 296 g/mol. The van der Waals surface area contributed by atoms with Gasteiger partial charge in [-0.1, -0.05) is 19.9 Å². The zero-order chi connectivity index (χ0) is 14.9. The molecule has 0 aromatic heterocycles. The van der Waals surface area contributed by atoms with E-state index in [0.717, 1.165) is 30.6 Å². The first kappa shape index (κ1) is 15.3. The SMILES string of the molecule is CC(C)C(C)N(C)S(=O)(=O)c1cccc2c1CCCN2.